The van der Waals surface area contributed by atoms with Crippen LogP contribution >= 0.6 is 11.6 Å². The molecule has 1 aliphatic rings. The highest BCUT2D eigenvalue weighted by Gasteiger charge is 2.32. The minimum absolute atomic E-state index is 0.0311. The van der Waals surface area contributed by atoms with Gasteiger partial charge in [0.15, 0.2) is 5.82 Å². The molecule has 1 amide bonds. The maximum absolute atomic E-state index is 14.0. The zero-order valence-corrected chi connectivity index (χ0v) is 12.9. The van der Waals surface area contributed by atoms with Crippen molar-refractivity contribution in [3.63, 3.8) is 0 Å². The van der Waals surface area contributed by atoms with E-state index >= 15 is 0 Å². The Morgan fingerprint density at radius 1 is 1.45 bits per heavy atom. The van der Waals surface area contributed by atoms with Crippen LogP contribution in [-0.2, 0) is 0 Å². The summed E-state index contributed by atoms with van der Waals surface area (Å²) in [6.07, 6.45) is 2.66. The molecule has 2 aromatic rings. The van der Waals surface area contributed by atoms with Gasteiger partial charge in [-0.25, -0.2) is 9.37 Å². The molecule has 3 rings (SSSR count). The van der Waals surface area contributed by atoms with E-state index in [0.29, 0.717) is 18.2 Å². The largest absolute Gasteiger partial charge is 0.328 e. The first-order valence-corrected chi connectivity index (χ1v) is 7.59. The number of halogens is 2. The molecule has 22 heavy (non-hydrogen) atoms. The molecule has 1 aromatic heterocycles. The molecule has 1 fully saturated rings. The average Bonchev–Trinajstić information content (AvgIpc) is 2.93. The number of H-pyrrole nitrogens is 1. The second-order valence-corrected chi connectivity index (χ2v) is 5.85. The molecular weight excluding hydrogens is 307 g/mol. The molecule has 1 aromatic carbocycles. The van der Waals surface area contributed by atoms with Gasteiger partial charge in [-0.2, -0.15) is 5.10 Å². The van der Waals surface area contributed by atoms with E-state index in [-0.39, 0.29) is 22.5 Å². The van der Waals surface area contributed by atoms with Crippen molar-refractivity contribution in [1.29, 1.82) is 0 Å². The van der Waals surface area contributed by atoms with Crippen LogP contribution in [0.3, 0.4) is 0 Å². The molecule has 0 radical (unpaired) electrons. The number of piperidine rings is 1. The smallest absolute Gasteiger partial charge is 0.257 e. The summed E-state index contributed by atoms with van der Waals surface area (Å²) in [5.41, 5.74) is 0.0311. The minimum Gasteiger partial charge on any atom is -0.328 e. The normalized spacial score (nSPS) is 18.5. The molecule has 7 heteroatoms. The van der Waals surface area contributed by atoms with Gasteiger partial charge in [0.05, 0.1) is 11.6 Å². The lowest BCUT2D eigenvalue weighted by Gasteiger charge is -2.34. The number of hydrogen-bond donors (Lipinski definition) is 1. The van der Waals surface area contributed by atoms with E-state index in [0.717, 1.165) is 25.3 Å². The Morgan fingerprint density at radius 3 is 2.95 bits per heavy atom. The first-order valence-electron chi connectivity index (χ1n) is 7.21. The second-order valence-electron chi connectivity index (χ2n) is 5.41. The number of nitrogens with one attached hydrogen (secondary N) is 1. The monoisotopic (exact) mass is 322 g/mol. The molecule has 0 bridgehead atoms. The molecule has 0 unspecified atom stereocenters. The van der Waals surface area contributed by atoms with Crippen LogP contribution in [0, 0.1) is 12.7 Å². The van der Waals surface area contributed by atoms with Gasteiger partial charge in [-0.05, 0) is 44.4 Å². The van der Waals surface area contributed by atoms with Crippen LogP contribution in [0.15, 0.2) is 18.2 Å². The van der Waals surface area contributed by atoms with Crippen LogP contribution < -0.4 is 0 Å². The average molecular weight is 323 g/mol. The third-order valence-corrected chi connectivity index (χ3v) is 4.07. The van der Waals surface area contributed by atoms with E-state index in [1.54, 1.807) is 4.90 Å². The number of hydrogen-bond acceptors (Lipinski definition) is 3. The summed E-state index contributed by atoms with van der Waals surface area (Å²) in [6, 6.07) is 3.88. The molecule has 1 N–H and O–H groups in total. The number of aromatic amines is 1. The molecule has 1 atom stereocenters. The lowest BCUT2D eigenvalue weighted by Crippen LogP contribution is -2.39. The number of aromatic nitrogens is 3. The van der Waals surface area contributed by atoms with Crippen LogP contribution in [-0.4, -0.2) is 32.5 Å². The van der Waals surface area contributed by atoms with Crippen molar-refractivity contribution >= 4 is 17.5 Å². The quantitative estimate of drug-likeness (QED) is 0.923. The fourth-order valence-corrected chi connectivity index (χ4v) is 2.93. The highest BCUT2D eigenvalue weighted by Crippen LogP contribution is 2.31. The summed E-state index contributed by atoms with van der Waals surface area (Å²) in [5.74, 6) is 0.333. The van der Waals surface area contributed by atoms with Crippen molar-refractivity contribution < 1.29 is 9.18 Å². The van der Waals surface area contributed by atoms with Crippen LogP contribution in [0.1, 0.15) is 47.3 Å². The van der Waals surface area contributed by atoms with Gasteiger partial charge in [0.2, 0.25) is 0 Å². The Morgan fingerprint density at radius 2 is 2.27 bits per heavy atom. The Hall–Kier alpha value is -1.95. The number of nitrogens with zero attached hydrogens (tertiary/aromatic N) is 3. The van der Waals surface area contributed by atoms with E-state index in [9.17, 15) is 9.18 Å². The Labute approximate surface area is 132 Å². The van der Waals surface area contributed by atoms with E-state index in [1.807, 2.05) is 6.92 Å². The topological polar surface area (TPSA) is 61.9 Å². The Balaban J connectivity index is 1.91. The number of benzene rings is 1. The van der Waals surface area contributed by atoms with Gasteiger partial charge in [0.25, 0.3) is 5.91 Å². The fourth-order valence-electron chi connectivity index (χ4n) is 2.77. The number of amides is 1. The number of rotatable bonds is 2. The Bertz CT molecular complexity index is 703. The van der Waals surface area contributed by atoms with Crippen molar-refractivity contribution in [2.24, 2.45) is 0 Å². The van der Waals surface area contributed by atoms with Crippen molar-refractivity contribution in [2.45, 2.75) is 32.2 Å². The number of carbonyl (C=O) groups is 1. The summed E-state index contributed by atoms with van der Waals surface area (Å²) < 4.78 is 14.0. The standard InChI is InChI=1S/C15H16ClFN4O/c1-9-18-14(20-19-9)13-4-2-3-7-21(13)15(22)11-6-5-10(16)8-12(11)17/h5-6,8,13H,2-4,7H2,1H3,(H,18,19,20)/t13-/m0/s1. The highest BCUT2D eigenvalue weighted by molar-refractivity contribution is 6.30. The maximum atomic E-state index is 14.0. The van der Waals surface area contributed by atoms with Crippen LogP contribution in [0.5, 0.6) is 0 Å². The van der Waals surface area contributed by atoms with E-state index in [2.05, 4.69) is 15.2 Å². The summed E-state index contributed by atoms with van der Waals surface area (Å²) in [4.78, 5) is 18.7. The molecule has 5 nitrogen and oxygen atoms in total. The van der Waals surface area contributed by atoms with Gasteiger partial charge in [0.1, 0.15) is 11.6 Å². The van der Waals surface area contributed by atoms with Crippen LogP contribution in [0.4, 0.5) is 4.39 Å². The molecular formula is C15H16ClFN4O. The first kappa shape index (κ1) is 15.0. The first-order chi connectivity index (χ1) is 10.6. The zero-order valence-electron chi connectivity index (χ0n) is 12.1. The summed E-state index contributed by atoms with van der Waals surface area (Å²) in [6.45, 7) is 2.38. The fraction of sp³-hybridized carbons (Fsp3) is 0.400. The number of carbonyl (C=O) groups excluding carboxylic acids is 1. The molecule has 0 spiro atoms. The third-order valence-electron chi connectivity index (χ3n) is 3.84. The lowest BCUT2D eigenvalue weighted by molar-refractivity contribution is 0.0595. The molecule has 1 saturated heterocycles. The van der Waals surface area contributed by atoms with Gasteiger partial charge in [0, 0.05) is 11.6 Å². The van der Waals surface area contributed by atoms with Gasteiger partial charge >= 0.3 is 0 Å². The van der Waals surface area contributed by atoms with Crippen molar-refractivity contribution in [1.82, 2.24) is 20.1 Å². The minimum atomic E-state index is -0.604. The van der Waals surface area contributed by atoms with Gasteiger partial charge in [-0.1, -0.05) is 11.6 Å². The molecule has 2 heterocycles. The third kappa shape index (κ3) is 2.83. The summed E-state index contributed by atoms with van der Waals surface area (Å²) >= 11 is 5.75. The van der Waals surface area contributed by atoms with Gasteiger partial charge in [-0.15, -0.1) is 0 Å². The molecule has 116 valence electrons. The Kier molecular flexibility index (Phi) is 4.11. The van der Waals surface area contributed by atoms with Crippen LogP contribution in [0.25, 0.3) is 0 Å². The summed E-state index contributed by atoms with van der Waals surface area (Å²) in [5, 5.41) is 7.22. The van der Waals surface area contributed by atoms with E-state index in [1.165, 1.54) is 12.1 Å². The molecule has 0 aliphatic carbocycles. The lowest BCUT2D eigenvalue weighted by atomic mass is 10.00. The SMILES string of the molecule is Cc1nc([C@@H]2CCCCN2C(=O)c2ccc(Cl)cc2F)n[nH]1. The van der Waals surface area contributed by atoms with E-state index in [4.69, 9.17) is 11.6 Å². The predicted molar refractivity (Wildman–Crippen MR) is 80.2 cm³/mol. The second kappa shape index (κ2) is 6.04. The van der Waals surface area contributed by atoms with Crippen LogP contribution in [0.2, 0.25) is 5.02 Å². The molecule has 1 aliphatic heterocycles. The molecule has 0 saturated carbocycles. The number of likely N-dealkylation sites (tertiary alicyclic amines) is 1. The van der Waals surface area contributed by atoms with E-state index < -0.39 is 5.82 Å². The predicted octanol–water partition coefficient (Wildman–Crippen LogP) is 3.27. The summed E-state index contributed by atoms with van der Waals surface area (Å²) in [7, 11) is 0. The van der Waals surface area contributed by atoms with Gasteiger partial charge in [-0.3, -0.25) is 9.89 Å². The van der Waals surface area contributed by atoms with Crippen molar-refractivity contribution in [3.8, 4) is 0 Å². The van der Waals surface area contributed by atoms with Crippen molar-refractivity contribution in [3.05, 3.63) is 46.3 Å². The van der Waals surface area contributed by atoms with Gasteiger partial charge < -0.3 is 4.90 Å². The maximum Gasteiger partial charge on any atom is 0.257 e. The number of aryl methyl sites for hydroxylation is 1. The highest BCUT2D eigenvalue weighted by atomic mass is 35.5. The zero-order chi connectivity index (χ0) is 15.7. The van der Waals surface area contributed by atoms with Crippen molar-refractivity contribution in [2.75, 3.05) is 6.54 Å².